The molecule has 1 heterocycles. The lowest BCUT2D eigenvalue weighted by molar-refractivity contribution is -0.130. The van der Waals surface area contributed by atoms with Crippen molar-refractivity contribution in [3.8, 4) is 0 Å². The highest BCUT2D eigenvalue weighted by Gasteiger charge is 2.27. The molecule has 1 atom stereocenters. The number of carbonyl (C=O) groups excluding carboxylic acids is 2. The molecule has 2 N–H and O–H groups in total. The van der Waals surface area contributed by atoms with Crippen LogP contribution in [-0.2, 0) is 9.59 Å². The molecule has 1 rings (SSSR count). The predicted molar refractivity (Wildman–Crippen MR) is 35.2 cm³/mol. The SMILES string of the molecule is NC(=O)C(C=O)N1CCC1. The molecule has 0 saturated carbocycles. The maximum absolute atomic E-state index is 10.5. The van der Waals surface area contributed by atoms with Gasteiger partial charge in [-0.05, 0) is 6.42 Å². The van der Waals surface area contributed by atoms with Gasteiger partial charge in [0.15, 0.2) is 0 Å². The van der Waals surface area contributed by atoms with Crippen LogP contribution in [0.2, 0.25) is 0 Å². The first-order valence-electron chi connectivity index (χ1n) is 3.24. The van der Waals surface area contributed by atoms with Crippen molar-refractivity contribution in [2.45, 2.75) is 12.5 Å². The zero-order chi connectivity index (χ0) is 7.56. The third kappa shape index (κ3) is 1.16. The van der Waals surface area contributed by atoms with Gasteiger partial charge in [0.1, 0.15) is 12.3 Å². The number of rotatable bonds is 3. The van der Waals surface area contributed by atoms with Crippen LogP contribution in [0.1, 0.15) is 6.42 Å². The lowest BCUT2D eigenvalue weighted by Crippen LogP contribution is -2.52. The number of carbonyl (C=O) groups is 2. The highest BCUT2D eigenvalue weighted by atomic mass is 16.2. The molecule has 4 heteroatoms. The molecule has 1 amide bonds. The molecule has 0 aliphatic carbocycles. The van der Waals surface area contributed by atoms with Crippen molar-refractivity contribution in [2.75, 3.05) is 13.1 Å². The van der Waals surface area contributed by atoms with Crippen LogP contribution in [0.15, 0.2) is 0 Å². The Balaban J connectivity index is 2.46. The lowest BCUT2D eigenvalue weighted by Gasteiger charge is -2.33. The zero-order valence-corrected chi connectivity index (χ0v) is 5.62. The summed E-state index contributed by atoms with van der Waals surface area (Å²) in [4.78, 5) is 22.5. The number of primary amides is 1. The Kier molecular flexibility index (Phi) is 2.01. The fraction of sp³-hybridized carbons (Fsp3) is 0.667. The fourth-order valence-corrected chi connectivity index (χ4v) is 0.952. The molecule has 0 bridgehead atoms. The summed E-state index contributed by atoms with van der Waals surface area (Å²) in [6, 6.07) is -0.686. The van der Waals surface area contributed by atoms with E-state index in [9.17, 15) is 9.59 Å². The minimum Gasteiger partial charge on any atom is -0.368 e. The minimum atomic E-state index is -0.686. The molecule has 0 aromatic rings. The highest BCUT2D eigenvalue weighted by molar-refractivity contribution is 5.94. The normalized spacial score (nSPS) is 21.2. The Labute approximate surface area is 59.0 Å². The Bertz CT molecular complexity index is 154. The van der Waals surface area contributed by atoms with Crippen molar-refractivity contribution in [3.63, 3.8) is 0 Å². The monoisotopic (exact) mass is 142 g/mol. The molecular formula is C6H10N2O2. The average Bonchev–Trinajstić information content (AvgIpc) is 1.76. The number of hydrogen-bond donors (Lipinski definition) is 1. The molecule has 0 aromatic carbocycles. The molecule has 0 aromatic heterocycles. The molecule has 0 spiro atoms. The number of nitrogens with two attached hydrogens (primary N) is 1. The van der Waals surface area contributed by atoms with Gasteiger partial charge < -0.3 is 10.5 Å². The van der Waals surface area contributed by atoms with Gasteiger partial charge in [-0.25, -0.2) is 0 Å². The van der Waals surface area contributed by atoms with Gasteiger partial charge in [0, 0.05) is 13.1 Å². The van der Waals surface area contributed by atoms with Crippen LogP contribution >= 0.6 is 0 Å². The van der Waals surface area contributed by atoms with Gasteiger partial charge >= 0.3 is 0 Å². The predicted octanol–water partition coefficient (Wildman–Crippen LogP) is -1.26. The molecular weight excluding hydrogens is 132 g/mol. The summed E-state index contributed by atoms with van der Waals surface area (Å²) in [6.07, 6.45) is 1.65. The van der Waals surface area contributed by atoms with Crippen LogP contribution in [0.5, 0.6) is 0 Å². The van der Waals surface area contributed by atoms with Gasteiger partial charge in [-0.3, -0.25) is 9.69 Å². The van der Waals surface area contributed by atoms with Crippen molar-refractivity contribution < 1.29 is 9.59 Å². The standard InChI is InChI=1S/C6H10N2O2/c7-6(10)5(4-9)8-2-1-3-8/h4-5H,1-3H2,(H2,7,10). The van der Waals surface area contributed by atoms with E-state index in [4.69, 9.17) is 5.73 Å². The van der Waals surface area contributed by atoms with Gasteiger partial charge in [-0.15, -0.1) is 0 Å². The molecule has 1 aliphatic rings. The fourth-order valence-electron chi connectivity index (χ4n) is 0.952. The Morgan fingerprint density at radius 3 is 2.30 bits per heavy atom. The van der Waals surface area contributed by atoms with Crippen LogP contribution in [0.3, 0.4) is 0 Å². The lowest BCUT2D eigenvalue weighted by atomic mass is 10.1. The quantitative estimate of drug-likeness (QED) is 0.395. The molecule has 0 radical (unpaired) electrons. The van der Waals surface area contributed by atoms with Crippen LogP contribution in [0.4, 0.5) is 0 Å². The summed E-state index contributed by atoms with van der Waals surface area (Å²) in [6.45, 7) is 1.62. The van der Waals surface area contributed by atoms with E-state index in [-0.39, 0.29) is 0 Å². The van der Waals surface area contributed by atoms with E-state index in [0.717, 1.165) is 19.5 Å². The summed E-state index contributed by atoms with van der Waals surface area (Å²) >= 11 is 0. The summed E-state index contributed by atoms with van der Waals surface area (Å²) in [5.74, 6) is -0.547. The third-order valence-electron chi connectivity index (χ3n) is 1.70. The highest BCUT2D eigenvalue weighted by Crippen LogP contribution is 2.08. The van der Waals surface area contributed by atoms with Crippen LogP contribution in [0.25, 0.3) is 0 Å². The van der Waals surface area contributed by atoms with Gasteiger partial charge in [0.05, 0.1) is 0 Å². The molecule has 10 heavy (non-hydrogen) atoms. The maximum atomic E-state index is 10.5. The van der Waals surface area contributed by atoms with Crippen LogP contribution in [-0.4, -0.2) is 36.2 Å². The van der Waals surface area contributed by atoms with Crippen molar-refractivity contribution in [1.29, 1.82) is 0 Å². The number of likely N-dealkylation sites (tertiary alicyclic amines) is 1. The number of hydrogen-bond acceptors (Lipinski definition) is 3. The van der Waals surface area contributed by atoms with E-state index in [2.05, 4.69) is 0 Å². The molecule has 1 unspecified atom stereocenters. The first kappa shape index (κ1) is 7.21. The second-order valence-corrected chi connectivity index (χ2v) is 2.37. The largest absolute Gasteiger partial charge is 0.368 e. The average molecular weight is 142 g/mol. The summed E-state index contributed by atoms with van der Waals surface area (Å²) in [5, 5.41) is 0. The first-order chi connectivity index (χ1) is 4.75. The Hall–Kier alpha value is -0.900. The van der Waals surface area contributed by atoms with Crippen LogP contribution < -0.4 is 5.73 Å². The Morgan fingerprint density at radius 2 is 2.20 bits per heavy atom. The maximum Gasteiger partial charge on any atom is 0.242 e. The van der Waals surface area contributed by atoms with E-state index in [1.165, 1.54) is 0 Å². The Morgan fingerprint density at radius 1 is 1.60 bits per heavy atom. The van der Waals surface area contributed by atoms with E-state index in [0.29, 0.717) is 6.29 Å². The summed E-state index contributed by atoms with van der Waals surface area (Å²) in [5.41, 5.74) is 4.95. The van der Waals surface area contributed by atoms with Crippen molar-refractivity contribution in [2.24, 2.45) is 5.73 Å². The second kappa shape index (κ2) is 2.79. The zero-order valence-electron chi connectivity index (χ0n) is 5.62. The molecule has 56 valence electrons. The third-order valence-corrected chi connectivity index (χ3v) is 1.70. The molecule has 1 saturated heterocycles. The first-order valence-corrected chi connectivity index (χ1v) is 3.24. The van der Waals surface area contributed by atoms with E-state index in [1.54, 1.807) is 4.90 Å². The van der Waals surface area contributed by atoms with Gasteiger partial charge in [0.25, 0.3) is 0 Å². The second-order valence-electron chi connectivity index (χ2n) is 2.37. The molecule has 1 fully saturated rings. The van der Waals surface area contributed by atoms with Crippen molar-refractivity contribution in [1.82, 2.24) is 4.90 Å². The van der Waals surface area contributed by atoms with Gasteiger partial charge in [-0.2, -0.15) is 0 Å². The topological polar surface area (TPSA) is 63.4 Å². The van der Waals surface area contributed by atoms with Crippen molar-refractivity contribution >= 4 is 12.2 Å². The smallest absolute Gasteiger partial charge is 0.242 e. The van der Waals surface area contributed by atoms with E-state index < -0.39 is 11.9 Å². The summed E-state index contributed by atoms with van der Waals surface area (Å²) < 4.78 is 0. The number of nitrogens with zero attached hydrogens (tertiary/aromatic N) is 1. The van der Waals surface area contributed by atoms with E-state index >= 15 is 0 Å². The van der Waals surface area contributed by atoms with E-state index in [1.807, 2.05) is 0 Å². The molecule has 4 nitrogen and oxygen atoms in total. The number of amides is 1. The number of aldehydes is 1. The molecule has 1 aliphatic heterocycles. The summed E-state index contributed by atoms with van der Waals surface area (Å²) in [7, 11) is 0. The minimum absolute atomic E-state index is 0.547. The van der Waals surface area contributed by atoms with Crippen LogP contribution in [0, 0.1) is 0 Å². The van der Waals surface area contributed by atoms with Crippen molar-refractivity contribution in [3.05, 3.63) is 0 Å². The van der Waals surface area contributed by atoms with Gasteiger partial charge in [0.2, 0.25) is 5.91 Å². The van der Waals surface area contributed by atoms with Gasteiger partial charge in [-0.1, -0.05) is 0 Å².